The molecule has 0 radical (unpaired) electrons. The summed E-state index contributed by atoms with van der Waals surface area (Å²) in [6, 6.07) is 10.1. The van der Waals surface area contributed by atoms with E-state index >= 15 is 0 Å². The summed E-state index contributed by atoms with van der Waals surface area (Å²) in [5, 5.41) is 0. The summed E-state index contributed by atoms with van der Waals surface area (Å²) < 4.78 is 11.5. The van der Waals surface area contributed by atoms with Crippen LogP contribution in [0.4, 0.5) is 0 Å². The molecule has 0 N–H and O–H groups in total. The molecule has 1 aliphatic heterocycles. The Morgan fingerprint density at radius 1 is 0.962 bits per heavy atom. The molecule has 0 saturated carbocycles. The molecule has 0 unspecified atom stereocenters. The van der Waals surface area contributed by atoms with Gasteiger partial charge >= 0.3 is 5.97 Å². The van der Waals surface area contributed by atoms with Gasteiger partial charge in [-0.3, -0.25) is 4.79 Å². The summed E-state index contributed by atoms with van der Waals surface area (Å²) >= 11 is 0. The van der Waals surface area contributed by atoms with Crippen LogP contribution in [0.2, 0.25) is 0 Å². The van der Waals surface area contributed by atoms with Crippen LogP contribution in [0.5, 0.6) is 0 Å². The fraction of sp³-hybridized carbons (Fsp3) is 0.696. The molecule has 2 rings (SSSR count). The molecule has 3 heteroatoms. The van der Waals surface area contributed by atoms with Gasteiger partial charge in [0.15, 0.2) is 0 Å². The van der Waals surface area contributed by atoms with E-state index in [0.717, 1.165) is 24.8 Å². The highest BCUT2D eigenvalue weighted by Crippen LogP contribution is 2.23. The lowest BCUT2D eigenvalue weighted by Gasteiger charge is -2.29. The molecule has 1 heterocycles. The maximum Gasteiger partial charge on any atom is 0.308 e. The summed E-state index contributed by atoms with van der Waals surface area (Å²) in [5.41, 5.74) is 1.15. The molecule has 1 aromatic rings. The van der Waals surface area contributed by atoms with Crippen LogP contribution in [-0.2, 0) is 20.9 Å². The van der Waals surface area contributed by atoms with Gasteiger partial charge in [-0.1, -0.05) is 88.6 Å². The normalized spacial score (nSPS) is 20.1. The molecule has 1 saturated heterocycles. The minimum Gasteiger partial charge on any atom is -0.462 e. The van der Waals surface area contributed by atoms with Gasteiger partial charge in [-0.25, -0.2) is 0 Å². The highest BCUT2D eigenvalue weighted by molar-refractivity contribution is 5.71. The van der Waals surface area contributed by atoms with Crippen molar-refractivity contribution >= 4 is 5.97 Å². The van der Waals surface area contributed by atoms with Crippen molar-refractivity contribution in [3.05, 3.63) is 35.9 Å². The molecule has 1 aromatic carbocycles. The zero-order valence-electron chi connectivity index (χ0n) is 16.5. The average Bonchev–Trinajstić information content (AvgIpc) is 2.65. The molecule has 0 amide bonds. The number of hydrogen-bond acceptors (Lipinski definition) is 3. The fourth-order valence-corrected chi connectivity index (χ4v) is 3.62. The molecule has 0 spiro atoms. The SMILES string of the molecule is CCCCCCCCCCC[C@@H]1C[C@H](OCc2ccccc2)CC(=O)O1. The Hall–Kier alpha value is -1.35. The number of carbonyl (C=O) groups is 1. The van der Waals surface area contributed by atoms with Crippen molar-refractivity contribution in [1.29, 1.82) is 0 Å². The second-order valence-corrected chi connectivity index (χ2v) is 7.59. The predicted octanol–water partition coefficient (Wildman–Crippen LogP) is 6.20. The van der Waals surface area contributed by atoms with Gasteiger partial charge in [-0.2, -0.15) is 0 Å². The van der Waals surface area contributed by atoms with Gasteiger partial charge < -0.3 is 9.47 Å². The Morgan fingerprint density at radius 3 is 2.31 bits per heavy atom. The number of esters is 1. The van der Waals surface area contributed by atoms with Crippen LogP contribution in [-0.4, -0.2) is 18.2 Å². The summed E-state index contributed by atoms with van der Waals surface area (Å²) in [5.74, 6) is -0.102. The van der Waals surface area contributed by atoms with Gasteiger partial charge in [0.05, 0.1) is 19.1 Å². The quantitative estimate of drug-likeness (QED) is 0.310. The van der Waals surface area contributed by atoms with E-state index in [4.69, 9.17) is 9.47 Å². The van der Waals surface area contributed by atoms with Gasteiger partial charge in [-0.05, 0) is 18.4 Å². The van der Waals surface area contributed by atoms with E-state index in [1.54, 1.807) is 0 Å². The molecule has 0 bridgehead atoms. The smallest absolute Gasteiger partial charge is 0.308 e. The third-order valence-electron chi connectivity index (χ3n) is 5.18. The number of unbranched alkanes of at least 4 members (excludes halogenated alkanes) is 8. The van der Waals surface area contributed by atoms with Crippen LogP contribution in [0.25, 0.3) is 0 Å². The van der Waals surface area contributed by atoms with Crippen molar-refractivity contribution in [2.45, 2.75) is 103 Å². The van der Waals surface area contributed by atoms with Crippen LogP contribution in [0.3, 0.4) is 0 Å². The maximum absolute atomic E-state index is 11.9. The lowest BCUT2D eigenvalue weighted by Crippen LogP contribution is -2.34. The first-order chi connectivity index (χ1) is 12.8. The Labute approximate surface area is 159 Å². The second kappa shape index (κ2) is 12.9. The standard InChI is InChI=1S/C23H36O3/c1-2-3-4-5-6-7-8-9-13-16-21-17-22(18-23(24)26-21)25-19-20-14-11-10-12-15-20/h10-12,14-15,21-22H,2-9,13,16-19H2,1H3/t21-,22+/m1/s1. The number of ether oxygens (including phenoxy) is 2. The van der Waals surface area contributed by atoms with Crippen LogP contribution in [0.15, 0.2) is 30.3 Å². The maximum atomic E-state index is 11.9. The molecule has 3 nitrogen and oxygen atoms in total. The Bertz CT molecular complexity index is 485. The average molecular weight is 361 g/mol. The lowest BCUT2D eigenvalue weighted by molar-refractivity contribution is -0.164. The topological polar surface area (TPSA) is 35.5 Å². The first kappa shape index (κ1) is 21.0. The summed E-state index contributed by atoms with van der Waals surface area (Å²) in [6.45, 7) is 2.83. The fourth-order valence-electron chi connectivity index (χ4n) is 3.62. The van der Waals surface area contributed by atoms with Crippen molar-refractivity contribution < 1.29 is 14.3 Å². The Kier molecular flexibility index (Phi) is 10.4. The van der Waals surface area contributed by atoms with E-state index in [9.17, 15) is 4.79 Å². The summed E-state index contributed by atoms with van der Waals surface area (Å²) in [4.78, 5) is 11.9. The molecule has 2 atom stereocenters. The first-order valence-electron chi connectivity index (χ1n) is 10.6. The van der Waals surface area contributed by atoms with Crippen LogP contribution in [0, 0.1) is 0 Å². The van der Waals surface area contributed by atoms with E-state index in [1.807, 2.05) is 18.2 Å². The van der Waals surface area contributed by atoms with Crippen molar-refractivity contribution in [3.8, 4) is 0 Å². The monoisotopic (exact) mass is 360 g/mol. The minimum absolute atomic E-state index is 0.0000202. The summed E-state index contributed by atoms with van der Waals surface area (Å²) in [7, 11) is 0. The molecule has 26 heavy (non-hydrogen) atoms. The van der Waals surface area contributed by atoms with E-state index in [1.165, 1.54) is 51.4 Å². The highest BCUT2D eigenvalue weighted by Gasteiger charge is 2.28. The largest absolute Gasteiger partial charge is 0.462 e. The molecule has 0 aliphatic carbocycles. The number of rotatable bonds is 13. The van der Waals surface area contributed by atoms with Crippen molar-refractivity contribution in [2.24, 2.45) is 0 Å². The molecule has 1 aliphatic rings. The Morgan fingerprint density at radius 2 is 1.62 bits per heavy atom. The van der Waals surface area contributed by atoms with Gasteiger partial charge in [0.2, 0.25) is 0 Å². The van der Waals surface area contributed by atoms with Gasteiger partial charge in [0, 0.05) is 6.42 Å². The van der Waals surface area contributed by atoms with Gasteiger partial charge in [-0.15, -0.1) is 0 Å². The molecular weight excluding hydrogens is 324 g/mol. The predicted molar refractivity (Wildman–Crippen MR) is 106 cm³/mol. The number of benzene rings is 1. The molecule has 1 fully saturated rings. The summed E-state index contributed by atoms with van der Waals surface area (Å²) in [6.07, 6.45) is 14.1. The van der Waals surface area contributed by atoms with E-state index in [-0.39, 0.29) is 18.2 Å². The zero-order chi connectivity index (χ0) is 18.5. The van der Waals surface area contributed by atoms with Crippen LogP contribution < -0.4 is 0 Å². The number of carbonyl (C=O) groups excluding carboxylic acids is 1. The van der Waals surface area contributed by atoms with Crippen LogP contribution >= 0.6 is 0 Å². The number of cyclic esters (lactones) is 1. The van der Waals surface area contributed by atoms with E-state index in [0.29, 0.717) is 13.0 Å². The third kappa shape index (κ3) is 8.84. The molecular formula is C23H36O3. The molecule has 0 aromatic heterocycles. The Balaban J connectivity index is 1.55. The first-order valence-corrected chi connectivity index (χ1v) is 10.6. The molecule has 146 valence electrons. The van der Waals surface area contributed by atoms with Crippen LogP contribution in [0.1, 0.15) is 89.5 Å². The van der Waals surface area contributed by atoms with Crippen molar-refractivity contribution in [2.75, 3.05) is 0 Å². The zero-order valence-corrected chi connectivity index (χ0v) is 16.5. The van der Waals surface area contributed by atoms with Crippen molar-refractivity contribution in [1.82, 2.24) is 0 Å². The number of hydrogen-bond donors (Lipinski definition) is 0. The van der Waals surface area contributed by atoms with Crippen molar-refractivity contribution in [3.63, 3.8) is 0 Å². The second-order valence-electron chi connectivity index (χ2n) is 7.59. The van der Waals surface area contributed by atoms with Gasteiger partial charge in [0.1, 0.15) is 6.10 Å². The van der Waals surface area contributed by atoms with Gasteiger partial charge in [0.25, 0.3) is 0 Å². The van der Waals surface area contributed by atoms with E-state index in [2.05, 4.69) is 19.1 Å². The lowest BCUT2D eigenvalue weighted by atomic mass is 9.99. The minimum atomic E-state index is -0.102. The van der Waals surface area contributed by atoms with E-state index < -0.39 is 0 Å². The highest BCUT2D eigenvalue weighted by atomic mass is 16.6. The third-order valence-corrected chi connectivity index (χ3v) is 5.18.